The molecule has 1 N–H and O–H groups in total. The summed E-state index contributed by atoms with van der Waals surface area (Å²) in [7, 11) is 0. The second kappa shape index (κ2) is 4.82. The smallest absolute Gasteiger partial charge is 0.226 e. The number of carbonyl (C=O) groups is 1. The molecule has 1 rings (SSSR count). The number of nitrogens with one attached hydrogen (secondary N) is 1. The summed E-state index contributed by atoms with van der Waals surface area (Å²) in [6.45, 7) is 10.8. The fourth-order valence-electron chi connectivity index (χ4n) is 2.44. The number of amides is 1. The first-order chi connectivity index (χ1) is 6.99. The Kier molecular flexibility index (Phi) is 3.95. The maximum atomic E-state index is 11.9. The molecule has 0 spiro atoms. The molecule has 0 aromatic rings. The van der Waals surface area contributed by atoms with Gasteiger partial charge in [-0.3, -0.25) is 4.79 Å². The van der Waals surface area contributed by atoms with Crippen molar-refractivity contribution in [2.45, 2.75) is 40.0 Å². The van der Waals surface area contributed by atoms with Crippen molar-refractivity contribution in [3.63, 3.8) is 0 Å². The zero-order valence-electron chi connectivity index (χ0n) is 10.2. The Morgan fingerprint density at radius 1 is 1.67 bits per heavy atom. The fraction of sp³-hybridized carbons (Fsp3) is 0.769. The normalized spacial score (nSPS) is 30.5. The van der Waals surface area contributed by atoms with Gasteiger partial charge < -0.3 is 5.32 Å². The third-order valence-corrected chi connectivity index (χ3v) is 3.68. The first-order valence-electron chi connectivity index (χ1n) is 5.89. The van der Waals surface area contributed by atoms with E-state index in [4.69, 9.17) is 0 Å². The van der Waals surface area contributed by atoms with Crippen molar-refractivity contribution in [2.75, 3.05) is 6.54 Å². The Morgan fingerprint density at radius 3 is 2.80 bits per heavy atom. The highest BCUT2D eigenvalue weighted by Gasteiger charge is 2.41. The molecule has 0 saturated heterocycles. The zero-order valence-corrected chi connectivity index (χ0v) is 10.2. The van der Waals surface area contributed by atoms with Gasteiger partial charge in [0.1, 0.15) is 0 Å². The van der Waals surface area contributed by atoms with E-state index in [9.17, 15) is 4.79 Å². The van der Waals surface area contributed by atoms with Gasteiger partial charge in [0.05, 0.1) is 0 Å². The van der Waals surface area contributed by atoms with E-state index in [1.54, 1.807) is 6.08 Å². The van der Waals surface area contributed by atoms with Crippen molar-refractivity contribution in [1.29, 1.82) is 0 Å². The van der Waals surface area contributed by atoms with E-state index >= 15 is 0 Å². The predicted octanol–water partition coefficient (Wildman–Crippen LogP) is 2.75. The van der Waals surface area contributed by atoms with Crippen LogP contribution in [0.25, 0.3) is 0 Å². The molecule has 86 valence electrons. The average Bonchev–Trinajstić information content (AvgIpc) is 2.59. The van der Waals surface area contributed by atoms with Crippen molar-refractivity contribution in [3.8, 4) is 0 Å². The monoisotopic (exact) mass is 209 g/mol. The molecular formula is C13H23NO. The molecule has 1 fully saturated rings. The molecule has 1 amide bonds. The van der Waals surface area contributed by atoms with Crippen LogP contribution in [-0.4, -0.2) is 12.5 Å². The number of hydrogen-bond acceptors (Lipinski definition) is 1. The summed E-state index contributed by atoms with van der Waals surface area (Å²) in [5, 5.41) is 2.92. The van der Waals surface area contributed by atoms with Gasteiger partial charge in [0, 0.05) is 12.0 Å². The van der Waals surface area contributed by atoms with Crippen molar-refractivity contribution in [2.24, 2.45) is 17.3 Å². The van der Waals surface area contributed by atoms with Crippen LogP contribution in [0.2, 0.25) is 0 Å². The fourth-order valence-corrected chi connectivity index (χ4v) is 2.44. The molecule has 2 unspecified atom stereocenters. The molecule has 1 saturated carbocycles. The van der Waals surface area contributed by atoms with Gasteiger partial charge in [0.25, 0.3) is 0 Å². The van der Waals surface area contributed by atoms with E-state index in [-0.39, 0.29) is 11.3 Å². The minimum absolute atomic E-state index is 0.141. The summed E-state index contributed by atoms with van der Waals surface area (Å²) in [6, 6.07) is 0. The highest BCUT2D eigenvalue weighted by Crippen LogP contribution is 2.44. The molecule has 1 aliphatic carbocycles. The van der Waals surface area contributed by atoms with Crippen LogP contribution in [0.1, 0.15) is 40.0 Å². The van der Waals surface area contributed by atoms with Gasteiger partial charge >= 0.3 is 0 Å². The van der Waals surface area contributed by atoms with Gasteiger partial charge in [0.2, 0.25) is 5.91 Å². The Bertz CT molecular complexity index is 247. The summed E-state index contributed by atoms with van der Waals surface area (Å²) < 4.78 is 0. The van der Waals surface area contributed by atoms with E-state index in [2.05, 4.69) is 32.7 Å². The van der Waals surface area contributed by atoms with Crippen LogP contribution < -0.4 is 5.32 Å². The van der Waals surface area contributed by atoms with Gasteiger partial charge in [0.15, 0.2) is 0 Å². The minimum atomic E-state index is -0.141. The lowest BCUT2D eigenvalue weighted by atomic mass is 9.84. The molecule has 0 aromatic carbocycles. The van der Waals surface area contributed by atoms with Crippen molar-refractivity contribution < 1.29 is 4.79 Å². The first kappa shape index (κ1) is 12.3. The SMILES string of the molecule is C=CCNC(=O)C1(C)CCC(C(C)C)C1. The van der Waals surface area contributed by atoms with Crippen molar-refractivity contribution in [3.05, 3.63) is 12.7 Å². The second-order valence-electron chi connectivity index (χ2n) is 5.31. The lowest BCUT2D eigenvalue weighted by molar-refractivity contribution is -0.129. The molecule has 2 nitrogen and oxygen atoms in total. The van der Waals surface area contributed by atoms with E-state index in [1.807, 2.05) is 0 Å². The van der Waals surface area contributed by atoms with Gasteiger partial charge in [-0.2, -0.15) is 0 Å². The van der Waals surface area contributed by atoms with Gasteiger partial charge in [-0.15, -0.1) is 6.58 Å². The van der Waals surface area contributed by atoms with Crippen LogP contribution in [0.5, 0.6) is 0 Å². The van der Waals surface area contributed by atoms with Gasteiger partial charge in [-0.05, 0) is 31.1 Å². The molecule has 1 aliphatic rings. The van der Waals surface area contributed by atoms with Crippen LogP contribution in [0.4, 0.5) is 0 Å². The van der Waals surface area contributed by atoms with Crippen LogP contribution in [0, 0.1) is 17.3 Å². The molecule has 2 heteroatoms. The zero-order chi connectivity index (χ0) is 11.5. The Balaban J connectivity index is 2.54. The molecule has 0 bridgehead atoms. The maximum Gasteiger partial charge on any atom is 0.226 e. The first-order valence-corrected chi connectivity index (χ1v) is 5.89. The van der Waals surface area contributed by atoms with E-state index < -0.39 is 0 Å². The Morgan fingerprint density at radius 2 is 2.33 bits per heavy atom. The van der Waals surface area contributed by atoms with Crippen LogP contribution in [-0.2, 0) is 4.79 Å². The summed E-state index contributed by atoms with van der Waals surface area (Å²) in [5.41, 5.74) is -0.141. The predicted molar refractivity (Wildman–Crippen MR) is 63.5 cm³/mol. The third-order valence-electron chi connectivity index (χ3n) is 3.68. The quantitative estimate of drug-likeness (QED) is 0.709. The van der Waals surface area contributed by atoms with Crippen LogP contribution in [0.15, 0.2) is 12.7 Å². The molecule has 15 heavy (non-hydrogen) atoms. The molecule has 0 radical (unpaired) electrons. The number of carbonyl (C=O) groups excluding carboxylic acids is 1. The van der Waals surface area contributed by atoms with Crippen LogP contribution in [0.3, 0.4) is 0 Å². The lowest BCUT2D eigenvalue weighted by Crippen LogP contribution is -2.37. The standard InChI is InChI=1S/C13H23NO/c1-5-8-14-12(15)13(4)7-6-11(9-13)10(2)3/h5,10-11H,1,6-9H2,2-4H3,(H,14,15). The lowest BCUT2D eigenvalue weighted by Gasteiger charge is -2.23. The van der Waals surface area contributed by atoms with Gasteiger partial charge in [-0.25, -0.2) is 0 Å². The van der Waals surface area contributed by atoms with Crippen molar-refractivity contribution in [1.82, 2.24) is 5.32 Å². The maximum absolute atomic E-state index is 11.9. The van der Waals surface area contributed by atoms with E-state index in [0.29, 0.717) is 18.4 Å². The number of hydrogen-bond donors (Lipinski definition) is 1. The van der Waals surface area contributed by atoms with Crippen molar-refractivity contribution >= 4 is 5.91 Å². The molecule has 0 aromatic heterocycles. The highest BCUT2D eigenvalue weighted by atomic mass is 16.2. The molecule has 0 aliphatic heterocycles. The highest BCUT2D eigenvalue weighted by molar-refractivity contribution is 5.82. The largest absolute Gasteiger partial charge is 0.352 e. The molecule has 0 heterocycles. The van der Waals surface area contributed by atoms with E-state index in [0.717, 1.165) is 12.8 Å². The minimum Gasteiger partial charge on any atom is -0.352 e. The second-order valence-corrected chi connectivity index (χ2v) is 5.31. The summed E-state index contributed by atoms with van der Waals surface area (Å²) in [6.07, 6.45) is 4.98. The van der Waals surface area contributed by atoms with E-state index in [1.165, 1.54) is 6.42 Å². The average molecular weight is 209 g/mol. The molecule has 2 atom stereocenters. The van der Waals surface area contributed by atoms with Crippen LogP contribution >= 0.6 is 0 Å². The third kappa shape index (κ3) is 2.83. The number of rotatable bonds is 4. The topological polar surface area (TPSA) is 29.1 Å². The Labute approximate surface area is 93.1 Å². The summed E-state index contributed by atoms with van der Waals surface area (Å²) in [4.78, 5) is 11.9. The molecular weight excluding hydrogens is 186 g/mol. The Hall–Kier alpha value is -0.790. The summed E-state index contributed by atoms with van der Waals surface area (Å²) in [5.74, 6) is 1.61. The van der Waals surface area contributed by atoms with Gasteiger partial charge in [-0.1, -0.05) is 26.8 Å². The summed E-state index contributed by atoms with van der Waals surface area (Å²) >= 11 is 0.